The van der Waals surface area contributed by atoms with Crippen LogP contribution >= 0.6 is 23.0 Å². The zero-order valence-corrected chi connectivity index (χ0v) is 15.7. The Balaban J connectivity index is 2.93. The Morgan fingerprint density at radius 1 is 1.00 bits per heavy atom. The van der Waals surface area contributed by atoms with Crippen LogP contribution in [0.4, 0.5) is 0 Å². The SMILES string of the molecule is CC(C)(C)OC1OC(CO)C(OC(C)(C)C)C(O)C1OI. The highest BCUT2D eigenvalue weighted by atomic mass is 127. The third-order valence-corrected chi connectivity index (χ3v) is 3.45. The van der Waals surface area contributed by atoms with Crippen molar-refractivity contribution in [3.8, 4) is 0 Å². The van der Waals surface area contributed by atoms with Gasteiger partial charge in [0.15, 0.2) is 6.29 Å². The standard InChI is InChI=1S/C14H27IO6/c1-13(2,3)19-10-8(7-16)18-12(20-14(4,5)6)11(21-15)9(10)17/h8-12,16-17H,7H2,1-6H3. The molecular formula is C14H27IO6. The van der Waals surface area contributed by atoms with E-state index in [4.69, 9.17) is 17.3 Å². The van der Waals surface area contributed by atoms with E-state index in [0.29, 0.717) is 0 Å². The van der Waals surface area contributed by atoms with Gasteiger partial charge in [-0.2, -0.15) is 0 Å². The Hall–Kier alpha value is 0.490. The minimum absolute atomic E-state index is 0.268. The van der Waals surface area contributed by atoms with Gasteiger partial charge in [0.1, 0.15) is 47.4 Å². The number of aliphatic hydroxyl groups is 2. The van der Waals surface area contributed by atoms with E-state index in [9.17, 15) is 10.2 Å². The van der Waals surface area contributed by atoms with Crippen LogP contribution in [0.1, 0.15) is 41.5 Å². The average molecular weight is 418 g/mol. The summed E-state index contributed by atoms with van der Waals surface area (Å²) in [7, 11) is 0. The van der Waals surface area contributed by atoms with Crippen molar-refractivity contribution >= 4 is 23.0 Å². The van der Waals surface area contributed by atoms with Crippen LogP contribution in [0.15, 0.2) is 0 Å². The van der Waals surface area contributed by atoms with Crippen LogP contribution in [-0.4, -0.2) is 58.7 Å². The van der Waals surface area contributed by atoms with Crippen LogP contribution in [-0.2, 0) is 17.3 Å². The molecule has 0 aromatic rings. The van der Waals surface area contributed by atoms with E-state index in [0.717, 1.165) is 0 Å². The maximum atomic E-state index is 10.5. The molecule has 5 atom stereocenters. The van der Waals surface area contributed by atoms with E-state index >= 15 is 0 Å². The second-order valence-electron chi connectivity index (χ2n) is 7.19. The minimum atomic E-state index is -0.959. The number of halogens is 1. The summed E-state index contributed by atoms with van der Waals surface area (Å²) in [4.78, 5) is 0. The first-order valence-electron chi connectivity index (χ1n) is 7.06. The minimum Gasteiger partial charge on any atom is -0.394 e. The van der Waals surface area contributed by atoms with Gasteiger partial charge in [0.25, 0.3) is 0 Å². The van der Waals surface area contributed by atoms with E-state index in [2.05, 4.69) is 0 Å². The van der Waals surface area contributed by atoms with Crippen LogP contribution in [0.2, 0.25) is 0 Å². The first-order chi connectivity index (χ1) is 9.48. The van der Waals surface area contributed by atoms with E-state index in [1.165, 1.54) is 0 Å². The van der Waals surface area contributed by atoms with Gasteiger partial charge in [-0.1, -0.05) is 0 Å². The third-order valence-electron chi connectivity index (χ3n) is 2.86. The van der Waals surface area contributed by atoms with Gasteiger partial charge in [-0.05, 0) is 41.5 Å². The molecule has 0 bridgehead atoms. The summed E-state index contributed by atoms with van der Waals surface area (Å²) in [6.45, 7) is 11.0. The molecule has 1 heterocycles. The van der Waals surface area contributed by atoms with Crippen molar-refractivity contribution < 1.29 is 27.5 Å². The average Bonchev–Trinajstić information content (AvgIpc) is 2.29. The lowest BCUT2D eigenvalue weighted by molar-refractivity contribution is -0.325. The van der Waals surface area contributed by atoms with Crippen molar-refractivity contribution in [2.75, 3.05) is 6.61 Å². The number of hydrogen-bond acceptors (Lipinski definition) is 6. The second kappa shape index (κ2) is 7.37. The van der Waals surface area contributed by atoms with Crippen LogP contribution in [0.3, 0.4) is 0 Å². The molecule has 0 saturated carbocycles. The largest absolute Gasteiger partial charge is 0.394 e. The fourth-order valence-corrected chi connectivity index (χ4v) is 2.67. The molecule has 0 amide bonds. The predicted octanol–water partition coefficient (Wildman–Crippen LogP) is 1.80. The lowest BCUT2D eigenvalue weighted by atomic mass is 9.97. The molecule has 0 aromatic heterocycles. The zero-order valence-electron chi connectivity index (χ0n) is 13.5. The van der Waals surface area contributed by atoms with Gasteiger partial charge in [-0.25, -0.2) is 0 Å². The number of ether oxygens (including phenoxy) is 3. The van der Waals surface area contributed by atoms with Crippen LogP contribution < -0.4 is 0 Å². The van der Waals surface area contributed by atoms with Gasteiger partial charge in [0.2, 0.25) is 0 Å². The molecule has 0 radical (unpaired) electrons. The summed E-state index contributed by atoms with van der Waals surface area (Å²) >= 11 is 1.72. The van der Waals surface area contributed by atoms with Crippen LogP contribution in [0, 0.1) is 0 Å². The first kappa shape index (κ1) is 19.5. The summed E-state index contributed by atoms with van der Waals surface area (Å²) in [5.74, 6) is 0. The highest BCUT2D eigenvalue weighted by Crippen LogP contribution is 2.32. The number of hydrogen-bond donors (Lipinski definition) is 2. The molecule has 7 heteroatoms. The number of rotatable bonds is 4. The fourth-order valence-electron chi connectivity index (χ4n) is 2.13. The van der Waals surface area contributed by atoms with Gasteiger partial charge < -0.3 is 27.5 Å². The molecule has 6 nitrogen and oxygen atoms in total. The topological polar surface area (TPSA) is 77.4 Å². The highest BCUT2D eigenvalue weighted by molar-refractivity contribution is 14.1. The molecule has 1 fully saturated rings. The quantitative estimate of drug-likeness (QED) is 0.679. The van der Waals surface area contributed by atoms with Gasteiger partial charge >= 0.3 is 0 Å². The smallest absolute Gasteiger partial charge is 0.188 e. The van der Waals surface area contributed by atoms with Crippen LogP contribution in [0.25, 0.3) is 0 Å². The third kappa shape index (κ3) is 5.89. The van der Waals surface area contributed by atoms with Gasteiger partial charge in [-0.15, -0.1) is 0 Å². The van der Waals surface area contributed by atoms with Crippen molar-refractivity contribution in [2.45, 2.75) is 83.5 Å². The molecule has 1 aliphatic rings. The maximum absolute atomic E-state index is 10.5. The molecule has 0 spiro atoms. The summed E-state index contributed by atoms with van der Waals surface area (Å²) < 4.78 is 22.7. The van der Waals surface area contributed by atoms with Crippen molar-refractivity contribution in [3.05, 3.63) is 0 Å². The summed E-state index contributed by atoms with van der Waals surface area (Å²) in [5.41, 5.74) is -0.939. The highest BCUT2D eigenvalue weighted by Gasteiger charge is 2.49. The fraction of sp³-hybridized carbons (Fsp3) is 1.00. The maximum Gasteiger partial charge on any atom is 0.188 e. The molecule has 0 aromatic carbocycles. The Bertz CT molecular complexity index is 324. The Kier molecular flexibility index (Phi) is 6.86. The first-order valence-corrected chi connectivity index (χ1v) is 7.94. The summed E-state index contributed by atoms with van der Waals surface area (Å²) in [6.07, 6.45) is -3.78. The number of aliphatic hydroxyl groups excluding tert-OH is 2. The van der Waals surface area contributed by atoms with E-state index in [1.54, 1.807) is 23.0 Å². The molecule has 5 unspecified atom stereocenters. The molecular weight excluding hydrogens is 391 g/mol. The van der Waals surface area contributed by atoms with E-state index < -0.39 is 41.9 Å². The summed E-state index contributed by atoms with van der Waals surface area (Å²) in [5, 5.41) is 20.1. The van der Waals surface area contributed by atoms with Gasteiger partial charge in [0, 0.05) is 0 Å². The lowest BCUT2D eigenvalue weighted by Gasteiger charge is -2.46. The Labute approximate surface area is 140 Å². The van der Waals surface area contributed by atoms with E-state index in [-0.39, 0.29) is 6.61 Å². The molecule has 1 aliphatic heterocycles. The second-order valence-corrected chi connectivity index (χ2v) is 7.70. The van der Waals surface area contributed by atoms with Crippen LogP contribution in [0.5, 0.6) is 0 Å². The Morgan fingerprint density at radius 3 is 1.90 bits per heavy atom. The Morgan fingerprint density at radius 2 is 1.52 bits per heavy atom. The molecule has 21 heavy (non-hydrogen) atoms. The lowest BCUT2D eigenvalue weighted by Crippen LogP contribution is -2.62. The van der Waals surface area contributed by atoms with Crippen molar-refractivity contribution in [3.63, 3.8) is 0 Å². The molecule has 1 rings (SSSR count). The molecule has 1 saturated heterocycles. The predicted molar refractivity (Wildman–Crippen MR) is 86.1 cm³/mol. The van der Waals surface area contributed by atoms with Gasteiger partial charge in [-0.3, -0.25) is 0 Å². The normalized spacial score (nSPS) is 35.0. The van der Waals surface area contributed by atoms with Gasteiger partial charge in [0.05, 0.1) is 17.8 Å². The molecule has 0 aliphatic carbocycles. The van der Waals surface area contributed by atoms with Crippen molar-refractivity contribution in [2.24, 2.45) is 0 Å². The molecule has 126 valence electrons. The molecule has 2 N–H and O–H groups in total. The van der Waals surface area contributed by atoms with Crippen molar-refractivity contribution in [1.82, 2.24) is 0 Å². The van der Waals surface area contributed by atoms with Crippen molar-refractivity contribution in [1.29, 1.82) is 0 Å². The summed E-state index contributed by atoms with van der Waals surface area (Å²) in [6, 6.07) is 0. The monoisotopic (exact) mass is 418 g/mol. The zero-order chi connectivity index (χ0) is 16.4. The van der Waals surface area contributed by atoms with E-state index in [1.807, 2.05) is 41.5 Å².